The number of thioether (sulfide) groups is 1. The second-order valence-electron chi connectivity index (χ2n) is 4.56. The van der Waals surface area contributed by atoms with E-state index >= 15 is 0 Å². The van der Waals surface area contributed by atoms with Gasteiger partial charge in [0.05, 0.1) is 5.41 Å². The summed E-state index contributed by atoms with van der Waals surface area (Å²) in [4.78, 5) is 11.2. The fraction of sp³-hybridized carbons (Fsp3) is 0.900. The molecule has 2 rings (SSSR count). The molecule has 0 bridgehead atoms. The molecule has 0 radical (unpaired) electrons. The van der Waals surface area contributed by atoms with Crippen molar-refractivity contribution in [2.24, 2.45) is 11.3 Å². The molecular formula is C10H14F2O2S. The Labute approximate surface area is 91.4 Å². The second kappa shape index (κ2) is 3.61. The minimum atomic E-state index is -2.75. The van der Waals surface area contributed by atoms with Crippen LogP contribution in [0.15, 0.2) is 0 Å². The van der Waals surface area contributed by atoms with Gasteiger partial charge in [-0.3, -0.25) is 4.79 Å². The first-order valence-electron chi connectivity index (χ1n) is 5.15. The molecule has 2 nitrogen and oxygen atoms in total. The first-order valence-corrected chi connectivity index (χ1v) is 6.31. The predicted octanol–water partition coefficient (Wildman–Crippen LogP) is 2.63. The third-order valence-electron chi connectivity index (χ3n) is 3.58. The lowest BCUT2D eigenvalue weighted by Gasteiger charge is -2.49. The standard InChI is InChI=1S/C10H14F2O2S/c11-10(12)5-9(6-10,8(13)14)7-1-3-15-4-2-7/h7H,1-6H2,(H,13,14). The molecule has 2 fully saturated rings. The molecule has 0 atom stereocenters. The van der Waals surface area contributed by atoms with Crippen LogP contribution in [0.25, 0.3) is 0 Å². The fourth-order valence-electron chi connectivity index (χ4n) is 2.74. The van der Waals surface area contributed by atoms with Crippen LogP contribution in [0.2, 0.25) is 0 Å². The molecule has 1 N–H and O–H groups in total. The van der Waals surface area contributed by atoms with Gasteiger partial charge in [-0.05, 0) is 30.3 Å². The van der Waals surface area contributed by atoms with Crippen molar-refractivity contribution in [1.29, 1.82) is 0 Å². The molecule has 0 aromatic rings. The molecule has 0 aromatic carbocycles. The Kier molecular flexibility index (Phi) is 2.69. The summed E-state index contributed by atoms with van der Waals surface area (Å²) in [5, 5.41) is 9.13. The van der Waals surface area contributed by atoms with Crippen LogP contribution in [0.1, 0.15) is 25.7 Å². The number of rotatable bonds is 2. The van der Waals surface area contributed by atoms with Gasteiger partial charge in [-0.15, -0.1) is 0 Å². The SMILES string of the molecule is O=C(O)C1(C2CCSCC2)CC(F)(F)C1. The lowest BCUT2D eigenvalue weighted by molar-refractivity contribution is -0.207. The van der Waals surface area contributed by atoms with Crippen molar-refractivity contribution in [2.75, 3.05) is 11.5 Å². The third kappa shape index (κ3) is 1.86. The van der Waals surface area contributed by atoms with E-state index in [2.05, 4.69) is 0 Å². The van der Waals surface area contributed by atoms with E-state index in [0.29, 0.717) is 0 Å². The van der Waals surface area contributed by atoms with Gasteiger partial charge in [-0.25, -0.2) is 8.78 Å². The zero-order valence-corrected chi connectivity index (χ0v) is 9.16. The number of halogens is 2. The summed E-state index contributed by atoms with van der Waals surface area (Å²) < 4.78 is 25.8. The summed E-state index contributed by atoms with van der Waals surface area (Å²) in [6.45, 7) is 0. The van der Waals surface area contributed by atoms with E-state index in [0.717, 1.165) is 24.3 Å². The highest BCUT2D eigenvalue weighted by Gasteiger charge is 2.64. The number of alkyl halides is 2. The van der Waals surface area contributed by atoms with Crippen molar-refractivity contribution in [3.63, 3.8) is 0 Å². The van der Waals surface area contributed by atoms with Crippen LogP contribution < -0.4 is 0 Å². The molecule has 0 amide bonds. The van der Waals surface area contributed by atoms with Crippen LogP contribution in [0.5, 0.6) is 0 Å². The smallest absolute Gasteiger partial charge is 0.310 e. The van der Waals surface area contributed by atoms with Crippen molar-refractivity contribution < 1.29 is 18.7 Å². The number of aliphatic carboxylic acids is 1. The van der Waals surface area contributed by atoms with Crippen LogP contribution in [-0.2, 0) is 4.79 Å². The van der Waals surface area contributed by atoms with Crippen molar-refractivity contribution in [1.82, 2.24) is 0 Å². The van der Waals surface area contributed by atoms with E-state index in [9.17, 15) is 13.6 Å². The lowest BCUT2D eigenvalue weighted by Crippen LogP contribution is -2.56. The van der Waals surface area contributed by atoms with Crippen molar-refractivity contribution in [3.05, 3.63) is 0 Å². The van der Waals surface area contributed by atoms with Gasteiger partial charge in [0.2, 0.25) is 5.92 Å². The van der Waals surface area contributed by atoms with Crippen LogP contribution in [0.4, 0.5) is 8.78 Å². The summed E-state index contributed by atoms with van der Waals surface area (Å²) in [5.74, 6) is -2.00. The van der Waals surface area contributed by atoms with Crippen LogP contribution in [-0.4, -0.2) is 28.5 Å². The topological polar surface area (TPSA) is 37.3 Å². The number of carboxylic acid groups (broad SMARTS) is 1. The first kappa shape index (κ1) is 11.2. The van der Waals surface area contributed by atoms with Gasteiger partial charge < -0.3 is 5.11 Å². The Hall–Kier alpha value is -0.320. The van der Waals surface area contributed by atoms with Crippen molar-refractivity contribution in [3.8, 4) is 0 Å². The Balaban J connectivity index is 2.10. The Bertz CT molecular complexity index is 267. The summed E-state index contributed by atoms with van der Waals surface area (Å²) >= 11 is 1.78. The van der Waals surface area contributed by atoms with Crippen LogP contribution in [0.3, 0.4) is 0 Å². The lowest BCUT2D eigenvalue weighted by atomic mass is 9.57. The van der Waals surface area contributed by atoms with E-state index < -0.39 is 30.1 Å². The van der Waals surface area contributed by atoms with Gasteiger partial charge in [0.15, 0.2) is 0 Å². The van der Waals surface area contributed by atoms with Crippen LogP contribution in [0, 0.1) is 11.3 Å². The van der Waals surface area contributed by atoms with E-state index in [1.54, 1.807) is 11.8 Å². The number of hydrogen-bond donors (Lipinski definition) is 1. The second-order valence-corrected chi connectivity index (χ2v) is 5.78. The van der Waals surface area contributed by atoms with E-state index in [-0.39, 0.29) is 5.92 Å². The van der Waals surface area contributed by atoms with Gasteiger partial charge in [-0.2, -0.15) is 11.8 Å². The molecule has 0 unspecified atom stereocenters. The normalized spacial score (nSPS) is 29.5. The highest BCUT2D eigenvalue weighted by molar-refractivity contribution is 7.99. The molecule has 0 spiro atoms. The van der Waals surface area contributed by atoms with E-state index in [4.69, 9.17) is 5.11 Å². The van der Waals surface area contributed by atoms with Gasteiger partial charge >= 0.3 is 5.97 Å². The average Bonchev–Trinajstić information content (AvgIpc) is 2.14. The first-order chi connectivity index (χ1) is 6.96. The van der Waals surface area contributed by atoms with E-state index in [1.807, 2.05) is 0 Å². The average molecular weight is 236 g/mol. The zero-order valence-electron chi connectivity index (χ0n) is 8.34. The molecule has 1 saturated carbocycles. The van der Waals surface area contributed by atoms with Gasteiger partial charge in [-0.1, -0.05) is 0 Å². The highest BCUT2D eigenvalue weighted by Crippen LogP contribution is 2.58. The third-order valence-corrected chi connectivity index (χ3v) is 4.63. The van der Waals surface area contributed by atoms with Gasteiger partial charge in [0.25, 0.3) is 0 Å². The molecular weight excluding hydrogens is 222 g/mol. The number of carboxylic acids is 1. The Morgan fingerprint density at radius 1 is 1.27 bits per heavy atom. The summed E-state index contributed by atoms with van der Waals surface area (Å²) in [6, 6.07) is 0. The largest absolute Gasteiger partial charge is 0.481 e. The van der Waals surface area contributed by atoms with E-state index in [1.165, 1.54) is 0 Å². The predicted molar refractivity (Wildman–Crippen MR) is 54.3 cm³/mol. The maximum Gasteiger partial charge on any atom is 0.310 e. The summed E-state index contributed by atoms with van der Waals surface area (Å²) in [7, 11) is 0. The molecule has 0 aromatic heterocycles. The molecule has 5 heteroatoms. The Morgan fingerprint density at radius 2 is 1.80 bits per heavy atom. The Morgan fingerprint density at radius 3 is 2.20 bits per heavy atom. The zero-order chi connectivity index (χ0) is 11.1. The van der Waals surface area contributed by atoms with Crippen LogP contribution >= 0.6 is 11.8 Å². The van der Waals surface area contributed by atoms with Crippen molar-refractivity contribution in [2.45, 2.75) is 31.6 Å². The number of carbonyl (C=O) groups is 1. The summed E-state index contributed by atoms with van der Waals surface area (Å²) in [5.41, 5.74) is -1.12. The molecule has 1 aliphatic heterocycles. The molecule has 1 heterocycles. The number of hydrogen-bond acceptors (Lipinski definition) is 2. The van der Waals surface area contributed by atoms with Gasteiger partial charge in [0.1, 0.15) is 0 Å². The maximum absolute atomic E-state index is 12.9. The van der Waals surface area contributed by atoms with Crippen molar-refractivity contribution >= 4 is 17.7 Å². The minimum absolute atomic E-state index is 0.0455. The van der Waals surface area contributed by atoms with Gasteiger partial charge in [0, 0.05) is 12.8 Å². The maximum atomic E-state index is 12.9. The minimum Gasteiger partial charge on any atom is -0.481 e. The highest BCUT2D eigenvalue weighted by atomic mass is 32.2. The summed E-state index contributed by atoms with van der Waals surface area (Å²) in [6.07, 6.45) is 0.634. The molecule has 15 heavy (non-hydrogen) atoms. The molecule has 1 aliphatic carbocycles. The molecule has 1 saturated heterocycles. The molecule has 86 valence electrons. The fourth-order valence-corrected chi connectivity index (χ4v) is 3.84. The monoisotopic (exact) mass is 236 g/mol. The quantitative estimate of drug-likeness (QED) is 0.800. The molecule has 2 aliphatic rings.